The van der Waals surface area contributed by atoms with E-state index in [0.717, 1.165) is 32.1 Å². The third-order valence-electron chi connectivity index (χ3n) is 11.9. The summed E-state index contributed by atoms with van der Waals surface area (Å²) in [6, 6.07) is 0. The van der Waals surface area contributed by atoms with Crippen LogP contribution in [0.4, 0.5) is 0 Å². The minimum Gasteiger partial charge on any atom is -0.393 e. The van der Waals surface area contributed by atoms with Crippen LogP contribution in [0.2, 0.25) is 0 Å². The molecule has 0 aromatic carbocycles. The molecule has 4 rings (SSSR count). The molecular weight excluding hydrogens is 416 g/mol. The van der Waals surface area contributed by atoms with Crippen LogP contribution < -0.4 is 0 Å². The Morgan fingerprint density at radius 1 is 0.697 bits per heavy atom. The molecule has 14 atom stereocenters. The van der Waals surface area contributed by atoms with Gasteiger partial charge in [-0.05, 0) is 103 Å². The second kappa shape index (κ2) is 9.03. The molecule has 0 saturated heterocycles. The Morgan fingerprint density at radius 2 is 1.33 bits per heavy atom. The predicted octanol–water partition coefficient (Wildman–Crippen LogP) is 3.60. The summed E-state index contributed by atoms with van der Waals surface area (Å²) in [7, 11) is 0. The lowest BCUT2D eigenvalue weighted by Gasteiger charge is -2.63. The lowest BCUT2D eigenvalue weighted by atomic mass is 9.43. The normalized spacial score (nSPS) is 51.3. The number of rotatable bonds is 5. The molecule has 4 saturated carbocycles. The molecule has 0 bridgehead atoms. The van der Waals surface area contributed by atoms with E-state index in [1.165, 1.54) is 0 Å². The van der Waals surface area contributed by atoms with E-state index < -0.39 is 30.5 Å². The van der Waals surface area contributed by atoms with Crippen LogP contribution in [0.1, 0.15) is 86.5 Å². The number of hydrogen-bond acceptors (Lipinski definition) is 5. The van der Waals surface area contributed by atoms with Crippen molar-refractivity contribution in [3.63, 3.8) is 0 Å². The van der Waals surface area contributed by atoms with Gasteiger partial charge in [-0.15, -0.1) is 0 Å². The van der Waals surface area contributed by atoms with Gasteiger partial charge >= 0.3 is 0 Å². The first-order chi connectivity index (χ1) is 15.3. The van der Waals surface area contributed by atoms with Crippen LogP contribution in [-0.2, 0) is 0 Å². The molecule has 192 valence electrons. The van der Waals surface area contributed by atoms with Crippen LogP contribution in [-0.4, -0.2) is 56.1 Å². The molecule has 14 unspecified atom stereocenters. The Labute approximate surface area is 201 Å². The number of hydrogen-bond donors (Lipinski definition) is 5. The van der Waals surface area contributed by atoms with Crippen molar-refractivity contribution in [3.8, 4) is 0 Å². The third kappa shape index (κ3) is 4.02. The zero-order valence-corrected chi connectivity index (χ0v) is 21.7. The lowest BCUT2D eigenvalue weighted by molar-refractivity contribution is -0.197. The van der Waals surface area contributed by atoms with Crippen molar-refractivity contribution in [2.75, 3.05) is 0 Å². The summed E-state index contributed by atoms with van der Waals surface area (Å²) in [5.74, 6) is 2.25. The van der Waals surface area contributed by atoms with Gasteiger partial charge in [-0.1, -0.05) is 41.5 Å². The molecule has 0 aromatic heterocycles. The average molecular weight is 467 g/mol. The van der Waals surface area contributed by atoms with E-state index in [1.807, 2.05) is 6.92 Å². The summed E-state index contributed by atoms with van der Waals surface area (Å²) in [6.07, 6.45) is 3.01. The summed E-state index contributed by atoms with van der Waals surface area (Å²) in [5.41, 5.74) is -0.0213. The Kier molecular flexibility index (Phi) is 7.08. The van der Waals surface area contributed by atoms with Crippen molar-refractivity contribution in [3.05, 3.63) is 0 Å². The van der Waals surface area contributed by atoms with Crippen molar-refractivity contribution >= 4 is 0 Å². The Morgan fingerprint density at radius 3 is 1.97 bits per heavy atom. The van der Waals surface area contributed by atoms with Crippen molar-refractivity contribution in [1.29, 1.82) is 0 Å². The number of fused-ring (bicyclic) bond motifs is 5. The fourth-order valence-electron chi connectivity index (χ4n) is 9.48. The highest BCUT2D eigenvalue weighted by Gasteiger charge is 2.63. The Bertz CT molecular complexity index is 698. The highest BCUT2D eigenvalue weighted by Crippen LogP contribution is 2.68. The molecule has 5 nitrogen and oxygen atoms in total. The highest BCUT2D eigenvalue weighted by molar-refractivity contribution is 5.12. The van der Waals surface area contributed by atoms with Crippen LogP contribution in [0.25, 0.3) is 0 Å². The highest BCUT2D eigenvalue weighted by atomic mass is 16.3. The maximum atomic E-state index is 11.2. The third-order valence-corrected chi connectivity index (χ3v) is 11.9. The van der Waals surface area contributed by atoms with Crippen molar-refractivity contribution in [1.82, 2.24) is 0 Å². The molecular formula is C28H50O5. The monoisotopic (exact) mass is 466 g/mol. The lowest BCUT2D eigenvalue weighted by Crippen LogP contribution is -2.60. The summed E-state index contributed by atoms with van der Waals surface area (Å²) in [4.78, 5) is 0. The smallest absolute Gasteiger partial charge is 0.0830 e. The topological polar surface area (TPSA) is 101 Å². The van der Waals surface area contributed by atoms with Gasteiger partial charge in [-0.2, -0.15) is 0 Å². The zero-order valence-electron chi connectivity index (χ0n) is 21.7. The summed E-state index contributed by atoms with van der Waals surface area (Å²) < 4.78 is 0. The van der Waals surface area contributed by atoms with E-state index in [-0.39, 0.29) is 28.6 Å². The van der Waals surface area contributed by atoms with Gasteiger partial charge < -0.3 is 25.5 Å². The Balaban J connectivity index is 1.55. The first kappa shape index (κ1) is 25.9. The van der Waals surface area contributed by atoms with Gasteiger partial charge in [-0.25, -0.2) is 0 Å². The van der Waals surface area contributed by atoms with E-state index >= 15 is 0 Å². The largest absolute Gasteiger partial charge is 0.393 e. The van der Waals surface area contributed by atoms with Gasteiger partial charge in [0.25, 0.3) is 0 Å². The van der Waals surface area contributed by atoms with Crippen molar-refractivity contribution in [2.45, 2.75) is 117 Å². The minimum absolute atomic E-state index is 0.0382. The molecule has 4 fully saturated rings. The molecule has 4 aliphatic carbocycles. The fraction of sp³-hybridized carbons (Fsp3) is 1.00. The molecule has 0 radical (unpaired) electrons. The second-order valence-corrected chi connectivity index (χ2v) is 13.5. The molecule has 0 amide bonds. The minimum atomic E-state index is -0.721. The van der Waals surface area contributed by atoms with Gasteiger partial charge in [0, 0.05) is 0 Å². The van der Waals surface area contributed by atoms with Crippen molar-refractivity contribution < 1.29 is 25.5 Å². The van der Waals surface area contributed by atoms with E-state index in [9.17, 15) is 25.5 Å². The number of aliphatic hydroxyl groups is 5. The molecule has 0 aliphatic heterocycles. The van der Waals surface area contributed by atoms with Crippen LogP contribution in [0.5, 0.6) is 0 Å². The van der Waals surface area contributed by atoms with Crippen LogP contribution in [0.15, 0.2) is 0 Å². The van der Waals surface area contributed by atoms with Crippen LogP contribution in [0, 0.1) is 58.2 Å². The first-order valence-electron chi connectivity index (χ1n) is 13.7. The molecule has 5 N–H and O–H groups in total. The number of aliphatic hydroxyl groups excluding tert-OH is 5. The molecule has 5 heteroatoms. The van der Waals surface area contributed by atoms with E-state index in [4.69, 9.17) is 0 Å². The fourth-order valence-corrected chi connectivity index (χ4v) is 9.48. The van der Waals surface area contributed by atoms with Crippen LogP contribution >= 0.6 is 0 Å². The first-order valence-corrected chi connectivity index (χ1v) is 13.7. The zero-order chi connectivity index (χ0) is 24.5. The van der Waals surface area contributed by atoms with Crippen LogP contribution in [0.3, 0.4) is 0 Å². The summed E-state index contributed by atoms with van der Waals surface area (Å²) >= 11 is 0. The Hall–Kier alpha value is -0.200. The quantitative estimate of drug-likeness (QED) is 0.426. The van der Waals surface area contributed by atoms with Crippen molar-refractivity contribution in [2.24, 2.45) is 58.2 Å². The van der Waals surface area contributed by atoms with E-state index in [2.05, 4.69) is 34.6 Å². The average Bonchev–Trinajstić information content (AvgIpc) is 3.10. The maximum absolute atomic E-state index is 11.2. The molecule has 4 aliphatic rings. The SMILES string of the molecule is CC(C)C(C)C(O)C(O)C(C)C1CCC2C3CC(O)C4CC(O)C(O)CC4(C)C3CCC12C. The summed E-state index contributed by atoms with van der Waals surface area (Å²) in [6.45, 7) is 13.0. The maximum Gasteiger partial charge on any atom is 0.0830 e. The summed E-state index contributed by atoms with van der Waals surface area (Å²) in [5, 5.41) is 54.0. The van der Waals surface area contributed by atoms with E-state index in [0.29, 0.717) is 42.4 Å². The van der Waals surface area contributed by atoms with Gasteiger partial charge in [0.05, 0.1) is 30.5 Å². The molecule has 33 heavy (non-hydrogen) atoms. The standard InChI is InChI=1S/C28H50O5/c1-14(2)15(3)25(32)26(33)16(4)18-7-8-19-17-11-22(29)21-12-23(30)24(31)13-28(21,6)20(17)9-10-27(18,19)5/h14-26,29-33H,7-13H2,1-6H3. The predicted molar refractivity (Wildman–Crippen MR) is 129 cm³/mol. The molecule has 0 aromatic rings. The van der Waals surface area contributed by atoms with Gasteiger partial charge in [-0.3, -0.25) is 0 Å². The molecule has 0 spiro atoms. The van der Waals surface area contributed by atoms with Gasteiger partial charge in [0.1, 0.15) is 0 Å². The van der Waals surface area contributed by atoms with E-state index in [1.54, 1.807) is 0 Å². The van der Waals surface area contributed by atoms with Gasteiger partial charge in [0.2, 0.25) is 0 Å². The second-order valence-electron chi connectivity index (χ2n) is 13.5. The molecule has 0 heterocycles. The van der Waals surface area contributed by atoms with Gasteiger partial charge in [0.15, 0.2) is 0 Å².